The van der Waals surface area contributed by atoms with Crippen LogP contribution >= 0.6 is 27.5 Å². The number of methoxy groups -OCH3 is 1. The Morgan fingerprint density at radius 2 is 2.26 bits per heavy atom. The quantitative estimate of drug-likeness (QED) is 0.924. The summed E-state index contributed by atoms with van der Waals surface area (Å²) >= 11 is 9.31. The van der Waals surface area contributed by atoms with E-state index in [4.69, 9.17) is 16.3 Å². The van der Waals surface area contributed by atoms with Gasteiger partial charge in [-0.3, -0.25) is 4.68 Å². The molecule has 0 saturated heterocycles. The molecule has 0 spiro atoms. The third-order valence-corrected chi connectivity index (χ3v) is 4.10. The van der Waals surface area contributed by atoms with Crippen LogP contribution in [0.15, 0.2) is 28.9 Å². The van der Waals surface area contributed by atoms with E-state index in [-0.39, 0.29) is 0 Å². The first-order chi connectivity index (χ1) is 9.08. The Labute approximate surface area is 125 Å². The number of nitrogens with zero attached hydrogens (tertiary/aromatic N) is 2. The van der Waals surface area contributed by atoms with Crippen molar-refractivity contribution < 1.29 is 9.84 Å². The first-order valence-electron chi connectivity index (χ1n) is 5.81. The van der Waals surface area contributed by atoms with Gasteiger partial charge in [0.25, 0.3) is 0 Å². The number of ether oxygens (including phenoxy) is 1. The lowest BCUT2D eigenvalue weighted by molar-refractivity contribution is 0.202. The smallest absolute Gasteiger partial charge is 0.163 e. The van der Waals surface area contributed by atoms with Crippen LogP contribution in [0.4, 0.5) is 0 Å². The average Bonchev–Trinajstić information content (AvgIpc) is 2.83. The molecule has 6 heteroatoms. The topological polar surface area (TPSA) is 47.3 Å². The fourth-order valence-electron chi connectivity index (χ4n) is 1.90. The monoisotopic (exact) mass is 344 g/mol. The van der Waals surface area contributed by atoms with Gasteiger partial charge in [-0.1, -0.05) is 17.7 Å². The minimum atomic E-state index is -0.814. The summed E-state index contributed by atoms with van der Waals surface area (Å²) in [5.74, 6) is 0.570. The van der Waals surface area contributed by atoms with E-state index in [1.165, 1.54) is 0 Å². The molecule has 0 fully saturated rings. The molecule has 102 valence electrons. The van der Waals surface area contributed by atoms with Crippen molar-refractivity contribution in [3.63, 3.8) is 0 Å². The largest absolute Gasteiger partial charge is 0.493 e. The third kappa shape index (κ3) is 2.78. The third-order valence-electron chi connectivity index (χ3n) is 2.88. The van der Waals surface area contributed by atoms with Gasteiger partial charge in [0.15, 0.2) is 5.75 Å². The summed E-state index contributed by atoms with van der Waals surface area (Å²) in [5, 5.41) is 15.3. The van der Waals surface area contributed by atoms with E-state index in [1.807, 2.05) is 6.92 Å². The maximum atomic E-state index is 10.5. The van der Waals surface area contributed by atoms with Gasteiger partial charge in [-0.05, 0) is 40.5 Å². The molecule has 1 aromatic carbocycles. The van der Waals surface area contributed by atoms with E-state index < -0.39 is 6.10 Å². The number of aryl methyl sites for hydroxylation is 1. The van der Waals surface area contributed by atoms with E-state index >= 15 is 0 Å². The van der Waals surface area contributed by atoms with Crippen LogP contribution in [0, 0.1) is 0 Å². The van der Waals surface area contributed by atoms with E-state index in [9.17, 15) is 5.11 Å². The van der Waals surface area contributed by atoms with Crippen LogP contribution in [0.25, 0.3) is 0 Å². The van der Waals surface area contributed by atoms with Gasteiger partial charge in [0, 0.05) is 11.0 Å². The molecule has 0 aliphatic heterocycles. The molecule has 4 nitrogen and oxygen atoms in total. The van der Waals surface area contributed by atoms with Gasteiger partial charge in [-0.25, -0.2) is 0 Å². The summed E-state index contributed by atoms with van der Waals surface area (Å²) < 4.78 is 7.70. The number of hydrogen-bond acceptors (Lipinski definition) is 3. The highest BCUT2D eigenvalue weighted by atomic mass is 79.9. The molecular weight excluding hydrogens is 332 g/mol. The Morgan fingerprint density at radius 1 is 1.53 bits per heavy atom. The molecule has 1 N–H and O–H groups in total. The van der Waals surface area contributed by atoms with Crippen molar-refractivity contribution in [2.24, 2.45) is 0 Å². The van der Waals surface area contributed by atoms with Gasteiger partial charge in [0.05, 0.1) is 18.3 Å². The molecule has 0 aliphatic carbocycles. The number of hydrogen-bond donors (Lipinski definition) is 1. The van der Waals surface area contributed by atoms with E-state index in [2.05, 4.69) is 21.0 Å². The predicted molar refractivity (Wildman–Crippen MR) is 77.7 cm³/mol. The van der Waals surface area contributed by atoms with Crippen molar-refractivity contribution in [3.8, 4) is 5.75 Å². The van der Waals surface area contributed by atoms with Gasteiger partial charge >= 0.3 is 0 Å². The van der Waals surface area contributed by atoms with Gasteiger partial charge < -0.3 is 9.84 Å². The number of aromatic nitrogens is 2. The maximum Gasteiger partial charge on any atom is 0.163 e. The lowest BCUT2D eigenvalue weighted by atomic mass is 10.1. The summed E-state index contributed by atoms with van der Waals surface area (Å²) in [6, 6.07) is 5.31. The molecule has 1 atom stereocenters. The normalized spacial score (nSPS) is 12.5. The molecule has 1 unspecified atom stereocenters. The Kier molecular flexibility index (Phi) is 4.50. The zero-order valence-electron chi connectivity index (χ0n) is 10.6. The Bertz CT molecular complexity index is 565. The standard InChI is InChI=1S/C13H14BrClN2O2/c1-3-17-12(11(19-2)7-16-17)13(18)8-4-5-10(15)9(14)6-8/h4-7,13,18H,3H2,1-2H3. The van der Waals surface area contributed by atoms with Gasteiger partial charge in [0.1, 0.15) is 11.8 Å². The Hall–Kier alpha value is -1.04. The summed E-state index contributed by atoms with van der Waals surface area (Å²) in [5.41, 5.74) is 1.36. The van der Waals surface area contributed by atoms with Crippen molar-refractivity contribution in [1.29, 1.82) is 0 Å². The lowest BCUT2D eigenvalue weighted by Crippen LogP contribution is -2.10. The summed E-state index contributed by atoms with van der Waals surface area (Å²) in [7, 11) is 1.56. The molecule has 2 aromatic rings. The van der Waals surface area contributed by atoms with Crippen LogP contribution in [-0.2, 0) is 6.54 Å². The van der Waals surface area contributed by atoms with Crippen LogP contribution in [-0.4, -0.2) is 22.0 Å². The second kappa shape index (κ2) is 5.94. The number of aliphatic hydroxyl groups excluding tert-OH is 1. The fraction of sp³-hybridized carbons (Fsp3) is 0.308. The molecule has 0 bridgehead atoms. The highest BCUT2D eigenvalue weighted by molar-refractivity contribution is 9.10. The highest BCUT2D eigenvalue weighted by Crippen LogP contribution is 2.33. The summed E-state index contributed by atoms with van der Waals surface area (Å²) in [4.78, 5) is 0. The van der Waals surface area contributed by atoms with Crippen LogP contribution in [0.1, 0.15) is 24.3 Å². The number of aliphatic hydroxyl groups is 1. The molecular formula is C13H14BrClN2O2. The van der Waals surface area contributed by atoms with Crippen molar-refractivity contribution >= 4 is 27.5 Å². The second-order valence-electron chi connectivity index (χ2n) is 3.99. The first-order valence-corrected chi connectivity index (χ1v) is 6.98. The minimum absolute atomic E-state index is 0.570. The number of benzene rings is 1. The van der Waals surface area contributed by atoms with Crippen molar-refractivity contribution in [2.45, 2.75) is 19.6 Å². The highest BCUT2D eigenvalue weighted by Gasteiger charge is 2.21. The predicted octanol–water partition coefficient (Wildman–Crippen LogP) is 3.41. The van der Waals surface area contributed by atoms with Crippen LogP contribution in [0.3, 0.4) is 0 Å². The molecule has 19 heavy (non-hydrogen) atoms. The zero-order chi connectivity index (χ0) is 14.0. The Balaban J connectivity index is 2.45. The molecule has 1 heterocycles. The fourth-order valence-corrected chi connectivity index (χ4v) is 2.42. The molecule has 0 saturated carbocycles. The van der Waals surface area contributed by atoms with Crippen LogP contribution < -0.4 is 4.74 Å². The van der Waals surface area contributed by atoms with Gasteiger partial charge in [-0.2, -0.15) is 5.10 Å². The first kappa shape index (κ1) is 14.4. The molecule has 0 aliphatic rings. The van der Waals surface area contributed by atoms with E-state index in [1.54, 1.807) is 36.2 Å². The average molecular weight is 346 g/mol. The van der Waals surface area contributed by atoms with Crippen molar-refractivity contribution in [2.75, 3.05) is 7.11 Å². The van der Waals surface area contributed by atoms with E-state index in [0.29, 0.717) is 23.0 Å². The molecule has 0 radical (unpaired) electrons. The maximum absolute atomic E-state index is 10.5. The molecule has 2 rings (SSSR count). The van der Waals surface area contributed by atoms with Crippen molar-refractivity contribution in [3.05, 3.63) is 45.1 Å². The number of halogens is 2. The zero-order valence-corrected chi connectivity index (χ0v) is 12.9. The molecule has 0 amide bonds. The summed E-state index contributed by atoms with van der Waals surface area (Å²) in [6.07, 6.45) is 0.790. The number of rotatable bonds is 4. The van der Waals surface area contributed by atoms with Crippen LogP contribution in [0.5, 0.6) is 5.75 Å². The van der Waals surface area contributed by atoms with Gasteiger partial charge in [-0.15, -0.1) is 0 Å². The second-order valence-corrected chi connectivity index (χ2v) is 5.25. The minimum Gasteiger partial charge on any atom is -0.493 e. The van der Waals surface area contributed by atoms with E-state index in [0.717, 1.165) is 10.0 Å². The molecule has 1 aromatic heterocycles. The lowest BCUT2D eigenvalue weighted by Gasteiger charge is -2.15. The van der Waals surface area contributed by atoms with Gasteiger partial charge in [0.2, 0.25) is 0 Å². The van der Waals surface area contributed by atoms with Crippen LogP contribution in [0.2, 0.25) is 5.02 Å². The Morgan fingerprint density at radius 3 is 2.84 bits per heavy atom. The SMILES string of the molecule is CCn1ncc(OC)c1C(O)c1ccc(Cl)c(Br)c1. The summed E-state index contributed by atoms with van der Waals surface area (Å²) in [6.45, 7) is 2.62. The van der Waals surface area contributed by atoms with Crippen molar-refractivity contribution in [1.82, 2.24) is 9.78 Å².